The summed E-state index contributed by atoms with van der Waals surface area (Å²) in [6.07, 6.45) is 0.0678. The van der Waals surface area contributed by atoms with Gasteiger partial charge in [0, 0.05) is 31.5 Å². The van der Waals surface area contributed by atoms with E-state index in [9.17, 15) is 14.7 Å². The number of carboxylic acid groups (broad SMARTS) is 1. The number of carboxylic acids is 1. The number of nitrogens with zero attached hydrogens (tertiary/aromatic N) is 2. The van der Waals surface area contributed by atoms with Crippen LogP contribution in [0.1, 0.15) is 46.7 Å². The largest absolute Gasteiger partial charge is 0.480 e. The highest BCUT2D eigenvalue weighted by atomic mass is 16.5. The maximum atomic E-state index is 13.2. The number of rotatable bonds is 5. The third-order valence-corrected chi connectivity index (χ3v) is 5.53. The number of aliphatic carboxylic acids is 1. The summed E-state index contributed by atoms with van der Waals surface area (Å²) in [7, 11) is 1.55. The Labute approximate surface area is 159 Å². The molecule has 6 heteroatoms. The molecule has 1 amide bonds. The van der Waals surface area contributed by atoms with Crippen LogP contribution in [0.3, 0.4) is 0 Å². The second kappa shape index (κ2) is 7.56. The first-order valence-corrected chi connectivity index (χ1v) is 9.15. The van der Waals surface area contributed by atoms with Crippen molar-refractivity contribution in [3.8, 4) is 0 Å². The first kappa shape index (κ1) is 19.2. The SMILES string of the molecule is COC1CC(C(=O)O)N(C(=O)c2cc(C)n(C(C)c3ccccc3)c2C)C1. The summed E-state index contributed by atoms with van der Waals surface area (Å²) in [6.45, 7) is 6.28. The second-order valence-electron chi connectivity index (χ2n) is 7.15. The standard InChI is InChI=1S/C21H26N2O4/c1-13-10-18(15(3)23(13)14(2)16-8-6-5-7-9-16)20(24)22-12-17(27-4)11-19(22)21(25)26/h5-10,14,17,19H,11-12H2,1-4H3,(H,25,26). The van der Waals surface area contributed by atoms with Gasteiger partial charge in [0.1, 0.15) is 6.04 Å². The molecule has 1 aromatic carbocycles. The molecule has 0 radical (unpaired) electrons. The van der Waals surface area contributed by atoms with Crippen molar-refractivity contribution in [1.82, 2.24) is 9.47 Å². The van der Waals surface area contributed by atoms with Gasteiger partial charge in [-0.1, -0.05) is 30.3 Å². The van der Waals surface area contributed by atoms with Gasteiger partial charge in [-0.2, -0.15) is 0 Å². The molecule has 1 aromatic heterocycles. The summed E-state index contributed by atoms with van der Waals surface area (Å²) in [5.74, 6) is -1.24. The van der Waals surface area contributed by atoms with E-state index in [1.165, 1.54) is 4.90 Å². The lowest BCUT2D eigenvalue weighted by Crippen LogP contribution is -2.40. The minimum atomic E-state index is -0.991. The molecule has 1 saturated heterocycles. The van der Waals surface area contributed by atoms with Crippen molar-refractivity contribution in [3.63, 3.8) is 0 Å². The first-order chi connectivity index (χ1) is 12.8. The molecule has 0 spiro atoms. The Morgan fingerprint density at radius 3 is 2.48 bits per heavy atom. The number of carbonyl (C=O) groups is 2. The van der Waals surface area contributed by atoms with Gasteiger partial charge in [-0.15, -0.1) is 0 Å². The van der Waals surface area contributed by atoms with E-state index in [4.69, 9.17) is 4.74 Å². The van der Waals surface area contributed by atoms with Crippen molar-refractivity contribution in [3.05, 3.63) is 58.9 Å². The maximum Gasteiger partial charge on any atom is 0.326 e. The first-order valence-electron chi connectivity index (χ1n) is 9.15. The number of ether oxygens (including phenoxy) is 1. The zero-order chi connectivity index (χ0) is 19.7. The smallest absolute Gasteiger partial charge is 0.326 e. The lowest BCUT2D eigenvalue weighted by Gasteiger charge is -2.22. The minimum Gasteiger partial charge on any atom is -0.480 e. The number of methoxy groups -OCH3 is 1. The second-order valence-corrected chi connectivity index (χ2v) is 7.15. The highest BCUT2D eigenvalue weighted by Crippen LogP contribution is 2.29. The third-order valence-electron chi connectivity index (χ3n) is 5.53. The molecule has 1 aliphatic heterocycles. The van der Waals surface area contributed by atoms with Crippen LogP contribution in [0, 0.1) is 13.8 Å². The number of hydrogen-bond acceptors (Lipinski definition) is 3. The van der Waals surface area contributed by atoms with Gasteiger partial charge in [0.05, 0.1) is 17.7 Å². The van der Waals surface area contributed by atoms with Crippen LogP contribution >= 0.6 is 0 Å². The molecule has 144 valence electrons. The molecule has 0 bridgehead atoms. The van der Waals surface area contributed by atoms with Gasteiger partial charge in [-0.25, -0.2) is 4.79 Å². The Bertz CT molecular complexity index is 843. The monoisotopic (exact) mass is 370 g/mol. The lowest BCUT2D eigenvalue weighted by atomic mass is 10.1. The van der Waals surface area contributed by atoms with Crippen LogP contribution in [0.2, 0.25) is 0 Å². The summed E-state index contributed by atoms with van der Waals surface area (Å²) in [6, 6.07) is 11.2. The average Bonchev–Trinajstić information content (AvgIpc) is 3.22. The topological polar surface area (TPSA) is 71.8 Å². The van der Waals surface area contributed by atoms with E-state index in [-0.39, 0.29) is 18.1 Å². The molecule has 3 unspecified atom stereocenters. The van der Waals surface area contributed by atoms with E-state index in [1.807, 2.05) is 38.1 Å². The number of amides is 1. The van der Waals surface area contributed by atoms with Crippen molar-refractivity contribution in [1.29, 1.82) is 0 Å². The minimum absolute atomic E-state index is 0.0772. The van der Waals surface area contributed by atoms with Crippen molar-refractivity contribution >= 4 is 11.9 Å². The molecule has 3 atom stereocenters. The molecule has 2 heterocycles. The summed E-state index contributed by atoms with van der Waals surface area (Å²) in [4.78, 5) is 26.2. The lowest BCUT2D eigenvalue weighted by molar-refractivity contribution is -0.141. The molecular formula is C21H26N2O4. The van der Waals surface area contributed by atoms with Crippen LogP contribution in [0.25, 0.3) is 0 Å². The Morgan fingerprint density at radius 1 is 1.22 bits per heavy atom. The number of carbonyl (C=O) groups excluding carboxylic acids is 1. The predicted octanol–water partition coefficient (Wildman–Crippen LogP) is 3.03. The van der Waals surface area contributed by atoms with E-state index in [1.54, 1.807) is 7.11 Å². The Morgan fingerprint density at radius 2 is 1.89 bits per heavy atom. The number of aromatic nitrogens is 1. The number of aryl methyl sites for hydroxylation is 1. The molecular weight excluding hydrogens is 344 g/mol. The molecule has 1 N–H and O–H groups in total. The molecule has 0 saturated carbocycles. The fourth-order valence-corrected chi connectivity index (χ4v) is 4.05. The molecule has 3 rings (SSSR count). The van der Waals surface area contributed by atoms with E-state index in [0.29, 0.717) is 18.5 Å². The van der Waals surface area contributed by atoms with Gasteiger partial charge in [0.25, 0.3) is 5.91 Å². The Hall–Kier alpha value is -2.60. The third kappa shape index (κ3) is 3.49. The van der Waals surface area contributed by atoms with Crippen LogP contribution in [0.15, 0.2) is 36.4 Å². The number of likely N-dealkylation sites (tertiary alicyclic amines) is 1. The maximum absolute atomic E-state index is 13.2. The van der Waals surface area contributed by atoms with Gasteiger partial charge in [0.15, 0.2) is 0 Å². The zero-order valence-electron chi connectivity index (χ0n) is 16.2. The molecule has 1 aliphatic rings. The van der Waals surface area contributed by atoms with Gasteiger partial charge in [-0.3, -0.25) is 4.79 Å². The molecule has 6 nitrogen and oxygen atoms in total. The van der Waals surface area contributed by atoms with Crippen LogP contribution in [-0.4, -0.2) is 52.3 Å². The Kier molecular flexibility index (Phi) is 5.37. The van der Waals surface area contributed by atoms with Crippen LogP contribution in [-0.2, 0) is 9.53 Å². The van der Waals surface area contributed by atoms with E-state index < -0.39 is 12.0 Å². The van der Waals surface area contributed by atoms with Gasteiger partial charge in [-0.05, 0) is 32.4 Å². The number of benzene rings is 1. The zero-order valence-corrected chi connectivity index (χ0v) is 16.2. The normalized spacial score (nSPS) is 20.7. The fourth-order valence-electron chi connectivity index (χ4n) is 4.05. The van der Waals surface area contributed by atoms with Crippen LogP contribution in [0.4, 0.5) is 0 Å². The van der Waals surface area contributed by atoms with Crippen molar-refractivity contribution in [2.24, 2.45) is 0 Å². The molecule has 1 fully saturated rings. The summed E-state index contributed by atoms with van der Waals surface area (Å²) in [5, 5.41) is 9.50. The van der Waals surface area contributed by atoms with Gasteiger partial charge >= 0.3 is 5.97 Å². The van der Waals surface area contributed by atoms with Crippen LogP contribution < -0.4 is 0 Å². The average molecular weight is 370 g/mol. The van der Waals surface area contributed by atoms with Crippen molar-refractivity contribution in [2.45, 2.75) is 45.4 Å². The van der Waals surface area contributed by atoms with Crippen LogP contribution in [0.5, 0.6) is 0 Å². The predicted molar refractivity (Wildman–Crippen MR) is 102 cm³/mol. The fraction of sp³-hybridized carbons (Fsp3) is 0.429. The summed E-state index contributed by atoms with van der Waals surface area (Å²) >= 11 is 0. The highest BCUT2D eigenvalue weighted by molar-refractivity contribution is 5.98. The van der Waals surface area contributed by atoms with E-state index in [0.717, 1.165) is 17.0 Å². The van der Waals surface area contributed by atoms with Crippen molar-refractivity contribution < 1.29 is 19.4 Å². The summed E-state index contributed by atoms with van der Waals surface area (Å²) < 4.78 is 7.43. The van der Waals surface area contributed by atoms with Gasteiger partial charge in [0.2, 0.25) is 0 Å². The number of hydrogen-bond donors (Lipinski definition) is 1. The quantitative estimate of drug-likeness (QED) is 0.878. The summed E-state index contributed by atoms with van der Waals surface area (Å²) in [5.41, 5.74) is 3.53. The molecule has 27 heavy (non-hydrogen) atoms. The van der Waals surface area contributed by atoms with Crippen molar-refractivity contribution in [2.75, 3.05) is 13.7 Å². The van der Waals surface area contributed by atoms with Gasteiger partial charge < -0.3 is 19.3 Å². The molecule has 2 aromatic rings. The van der Waals surface area contributed by atoms with E-state index in [2.05, 4.69) is 23.6 Å². The van der Waals surface area contributed by atoms with E-state index >= 15 is 0 Å². The molecule has 0 aliphatic carbocycles. The highest BCUT2D eigenvalue weighted by Gasteiger charge is 2.41. The Balaban J connectivity index is 1.94.